The molecular formula is C69H105N13O33. The first kappa shape index (κ1) is 99.6. The number of likely N-dealkylation sites (N-methyl/N-ethyl adjacent to an activating group) is 1. The molecule has 1 aliphatic heterocycles. The SMILES string of the molecule is CCN1CCN(CC(=O)C[C@H](C(=O)N[C@@H](CC(=O)O)C(=O)C[C@H](C(=O)N[C@H](C)C(C)=O)[C@@H](O)[C@H](O)[C@H](O)CO)[C@@H](O)[C@H](O)[C@H](O)CO)CC1.CCNC(=O)[C@@H](CC(=O)[C@H](CC(=O)O)NC(=O)[C@@H](CC(=O)CC[C@H](NC(=O)c1ccc(NCc2cnc3nc(N)[nH]c(=O)c3n2)cc1)C(=O)O)[C@@H](O)[C@H](O)[C@H](O)CO)[C@@H](O)[C@H](O)[C@H](O)CO. The van der Waals surface area contributed by atoms with E-state index in [0.717, 1.165) is 13.5 Å². The Hall–Kier alpha value is -9.57. The number of aliphatic hydroxyl groups is 16. The van der Waals surface area contributed by atoms with E-state index in [9.17, 15) is 164 Å². The van der Waals surface area contributed by atoms with E-state index in [0.29, 0.717) is 37.6 Å². The van der Waals surface area contributed by atoms with E-state index in [1.54, 1.807) is 4.90 Å². The van der Waals surface area contributed by atoms with Crippen LogP contribution in [0.15, 0.2) is 35.3 Å². The van der Waals surface area contributed by atoms with Gasteiger partial charge in [0.05, 0.1) is 130 Å². The van der Waals surface area contributed by atoms with Gasteiger partial charge in [0.1, 0.15) is 66.4 Å². The van der Waals surface area contributed by atoms with Crippen LogP contribution in [0.1, 0.15) is 95.1 Å². The molecule has 46 heteroatoms. The molecule has 1 aliphatic rings. The van der Waals surface area contributed by atoms with Crippen molar-refractivity contribution in [2.75, 3.05) is 83.3 Å². The van der Waals surface area contributed by atoms with Crippen LogP contribution in [0.2, 0.25) is 0 Å². The van der Waals surface area contributed by atoms with Gasteiger partial charge in [-0.25, -0.2) is 14.8 Å². The van der Waals surface area contributed by atoms with Gasteiger partial charge in [-0.15, -0.1) is 0 Å². The average molecular weight is 1640 g/mol. The molecule has 0 aliphatic carbocycles. The standard InChI is InChI=1S/C39H53N9O18.C30H52N4O15/c1-2-41-35(62)21(30(58)32(60)26(54)15-50)10-24(52)23(11-27(55)56)46-36(63)20(29(57)31(59)25(53)14-49)9-19(51)7-8-22(38(65)66)45-34(61)16-3-5-17(6-4-16)42-12-18-13-43-33-28(44-18)37(64)48-39(40)47-33;1-4-33-5-7-34(8-6-33)12-17(38)9-18(25(44)27(46)22(40)13-35)30(49)32-20(11-24(42)43)21(39)10-19(26(45)28(47)23(41)14-36)29(48)31-15(2)16(3)37/h3-6,13,20-23,25-26,29-32,42,49-50,53-54,57-60H,2,7-12,14-15H2,1H3,(H,41,62)(H,45,61)(H,46,63)(H,55,56)(H,65,66)(H3,40,43,47,48,64);15,18-20,22-23,25-28,35-36,40-41,44-47H,4-14H2,1-3H3,(H,31,48)(H,32,49)(H,42,43)/t20-,21-,22-,23-,25+,26+,29+,30+,31+,32+;15-,18+,19+,20+,22-,23-,25-,26-,27-,28-/m01/s1. The summed E-state index contributed by atoms with van der Waals surface area (Å²) in [5, 5.41) is 204. The van der Waals surface area contributed by atoms with Crippen molar-refractivity contribution in [3.8, 4) is 0 Å². The number of amides is 5. The molecule has 0 bridgehead atoms. The van der Waals surface area contributed by atoms with Gasteiger partial charge in [0, 0.05) is 76.1 Å². The van der Waals surface area contributed by atoms with Gasteiger partial charge in [-0.1, -0.05) is 6.92 Å². The lowest BCUT2D eigenvalue weighted by atomic mass is 9.86. The molecule has 3 aromatic rings. The number of aromatic nitrogens is 4. The van der Waals surface area contributed by atoms with Crippen LogP contribution in [0, 0.1) is 23.7 Å². The number of hydrogen-bond donors (Lipinski definition) is 27. The fraction of sp³-hybridized carbons (Fsp3) is 0.638. The Balaban J connectivity index is 0.000000623. The number of fused-ring (bicyclic) bond motifs is 1. The van der Waals surface area contributed by atoms with Crippen LogP contribution in [-0.2, 0) is 64.1 Å². The summed E-state index contributed by atoms with van der Waals surface area (Å²) in [6.45, 7) is 4.61. The summed E-state index contributed by atoms with van der Waals surface area (Å²) in [6.07, 6.45) is -32.1. The summed E-state index contributed by atoms with van der Waals surface area (Å²) < 4.78 is 0. The number of hydrogen-bond acceptors (Lipinski definition) is 37. The highest BCUT2D eigenvalue weighted by Gasteiger charge is 2.45. The predicted octanol–water partition coefficient (Wildman–Crippen LogP) is -11.8. The van der Waals surface area contributed by atoms with Crippen LogP contribution >= 0.6 is 0 Å². The molecule has 28 N–H and O–H groups in total. The third-order valence-corrected chi connectivity index (χ3v) is 18.7. The Morgan fingerprint density at radius 1 is 0.522 bits per heavy atom. The number of nitrogens with two attached hydrogens (primary N) is 1. The van der Waals surface area contributed by atoms with Crippen LogP contribution in [0.3, 0.4) is 0 Å². The highest BCUT2D eigenvalue weighted by Crippen LogP contribution is 2.25. The van der Waals surface area contributed by atoms with Crippen LogP contribution in [0.4, 0.5) is 11.6 Å². The first-order valence-corrected chi connectivity index (χ1v) is 36.1. The molecule has 1 saturated heterocycles. The molecule has 1 fully saturated rings. The van der Waals surface area contributed by atoms with Crippen LogP contribution in [0.25, 0.3) is 11.2 Å². The van der Waals surface area contributed by atoms with E-state index in [1.807, 2.05) is 12.2 Å². The zero-order valence-electron chi connectivity index (χ0n) is 63.1. The summed E-state index contributed by atoms with van der Waals surface area (Å²) in [7, 11) is 0. The molecule has 4 rings (SSSR count). The summed E-state index contributed by atoms with van der Waals surface area (Å²) in [5.41, 5.74) is 5.76. The Labute approximate surface area is 654 Å². The highest BCUT2D eigenvalue weighted by molar-refractivity contribution is 5.99. The number of nitrogen functional groups attached to an aromatic ring is 1. The van der Waals surface area contributed by atoms with E-state index in [4.69, 9.17) is 5.73 Å². The van der Waals surface area contributed by atoms with Crippen LogP contribution < -0.4 is 43.2 Å². The van der Waals surface area contributed by atoms with Gasteiger partial charge >= 0.3 is 17.9 Å². The smallest absolute Gasteiger partial charge is 0.326 e. The van der Waals surface area contributed by atoms with E-state index >= 15 is 0 Å². The lowest BCUT2D eigenvalue weighted by molar-refractivity contribution is -0.148. The third kappa shape index (κ3) is 31.5. The number of carbonyl (C=O) groups excluding carboxylic acids is 10. The van der Waals surface area contributed by atoms with Crippen molar-refractivity contribution in [3.05, 3.63) is 52.1 Å². The summed E-state index contributed by atoms with van der Waals surface area (Å²) in [4.78, 5) is 197. The van der Waals surface area contributed by atoms with Gasteiger partial charge in [-0.3, -0.25) is 72.2 Å². The van der Waals surface area contributed by atoms with Gasteiger partial charge in [0.25, 0.3) is 11.5 Å². The van der Waals surface area contributed by atoms with E-state index in [1.165, 1.54) is 44.3 Å². The molecule has 1 aromatic carbocycles. The molecule has 0 spiro atoms. The number of ketones is 5. The van der Waals surface area contributed by atoms with Crippen molar-refractivity contribution in [3.63, 3.8) is 0 Å². The Kier molecular flexibility index (Phi) is 42.2. The second-order valence-corrected chi connectivity index (χ2v) is 27.3. The Morgan fingerprint density at radius 3 is 1.35 bits per heavy atom. The Morgan fingerprint density at radius 2 is 0.939 bits per heavy atom. The maximum absolute atomic E-state index is 13.6. The quantitative estimate of drug-likeness (QED) is 0.0250. The average Bonchev–Trinajstić information content (AvgIpc) is 0.826. The molecule has 0 unspecified atom stereocenters. The van der Waals surface area contributed by atoms with Gasteiger partial charge in [0.15, 0.2) is 28.5 Å². The number of rotatable bonds is 51. The summed E-state index contributed by atoms with van der Waals surface area (Å²) >= 11 is 0. The number of aliphatic carboxylic acids is 3. The van der Waals surface area contributed by atoms with E-state index in [-0.39, 0.29) is 42.3 Å². The number of Topliss-reactive ketones (excluding diaryl/α,β-unsaturated/α-hetero) is 5. The molecule has 2 aromatic heterocycles. The minimum atomic E-state index is -2.40. The molecule has 0 radical (unpaired) electrons. The fourth-order valence-corrected chi connectivity index (χ4v) is 11.6. The van der Waals surface area contributed by atoms with Crippen LogP contribution in [0.5, 0.6) is 0 Å². The maximum atomic E-state index is 13.6. The first-order chi connectivity index (χ1) is 54.0. The Bertz CT molecular complexity index is 3820. The zero-order valence-corrected chi connectivity index (χ0v) is 63.1. The molecule has 5 amide bonds. The van der Waals surface area contributed by atoms with Gasteiger partial charge in [-0.2, -0.15) is 4.98 Å². The second-order valence-electron chi connectivity index (χ2n) is 27.3. The van der Waals surface area contributed by atoms with Crippen molar-refractivity contribution in [2.24, 2.45) is 23.7 Å². The number of carboxylic acid groups (broad SMARTS) is 3. The minimum absolute atomic E-state index is 0.00804. The molecule has 115 heavy (non-hydrogen) atoms. The predicted molar refractivity (Wildman–Crippen MR) is 391 cm³/mol. The van der Waals surface area contributed by atoms with Crippen LogP contribution in [-0.4, -0.2) is 373 Å². The molecule has 0 saturated carbocycles. The molecule has 3 heterocycles. The van der Waals surface area contributed by atoms with Crippen molar-refractivity contribution in [2.45, 2.75) is 183 Å². The lowest BCUT2D eigenvalue weighted by Crippen LogP contribution is -2.54. The lowest BCUT2D eigenvalue weighted by Gasteiger charge is -2.34. The largest absolute Gasteiger partial charge is 0.481 e. The van der Waals surface area contributed by atoms with Crippen molar-refractivity contribution < 1.29 is 159 Å². The topological polar surface area (TPSA) is 782 Å². The van der Waals surface area contributed by atoms with Crippen molar-refractivity contribution >= 4 is 99.2 Å². The van der Waals surface area contributed by atoms with Crippen molar-refractivity contribution in [1.82, 2.24) is 56.3 Å². The second kappa shape index (κ2) is 48.7. The maximum Gasteiger partial charge on any atom is 0.326 e. The zero-order chi connectivity index (χ0) is 87.0. The minimum Gasteiger partial charge on any atom is -0.481 e. The summed E-state index contributed by atoms with van der Waals surface area (Å²) in [5.74, 6) is -23.3. The fourth-order valence-electron chi connectivity index (χ4n) is 11.6. The first-order valence-electron chi connectivity index (χ1n) is 36.1. The number of piperazine rings is 1. The highest BCUT2D eigenvalue weighted by atomic mass is 16.4. The van der Waals surface area contributed by atoms with Crippen molar-refractivity contribution in [1.29, 1.82) is 0 Å². The van der Waals surface area contributed by atoms with E-state index < -0.39 is 281 Å². The van der Waals surface area contributed by atoms with Gasteiger partial charge < -0.3 is 140 Å². The number of H-pyrrole nitrogens is 1. The number of nitrogens with zero attached hydrogens (tertiary/aromatic N) is 5. The number of benzene rings is 1. The number of carboxylic acids is 3. The number of nitrogens with one attached hydrogen (secondary N) is 7. The van der Waals surface area contributed by atoms with Gasteiger partial charge in [0.2, 0.25) is 29.6 Å². The molecule has 46 nitrogen and oxygen atoms in total. The normalized spacial score (nSPS) is 17.8. The molecular weight excluding hydrogens is 1540 g/mol. The van der Waals surface area contributed by atoms with E-state index in [2.05, 4.69) is 51.4 Å². The number of anilines is 2. The number of aliphatic hydroxyl groups excluding tert-OH is 16. The molecule has 644 valence electrons. The molecule has 20 atom stereocenters. The monoisotopic (exact) mass is 1640 g/mol. The third-order valence-electron chi connectivity index (χ3n) is 18.7. The summed E-state index contributed by atoms with van der Waals surface area (Å²) in [6, 6.07) is -1.26. The number of carbonyl (C=O) groups is 13. The van der Waals surface area contributed by atoms with Gasteiger partial charge in [-0.05, 0) is 58.0 Å². The number of aromatic amines is 1.